The van der Waals surface area contributed by atoms with E-state index in [2.05, 4.69) is 88.6 Å². The quantitative estimate of drug-likeness (QED) is 0.0483. The Labute approximate surface area is 298 Å². The van der Waals surface area contributed by atoms with Crippen LogP contribution in [0.15, 0.2) is 37.0 Å². The van der Waals surface area contributed by atoms with Gasteiger partial charge in [0.15, 0.2) is 22.4 Å². The number of rotatable bonds is 22. The van der Waals surface area contributed by atoms with Gasteiger partial charge in [0.05, 0.1) is 17.8 Å². The molecule has 0 aliphatic carbocycles. The van der Waals surface area contributed by atoms with Crippen LogP contribution in [0.25, 0.3) is 0 Å². The molecular weight excluding hydrogens is 633 g/mol. The predicted octanol–water partition coefficient (Wildman–Crippen LogP) is 11.1. The van der Waals surface area contributed by atoms with Gasteiger partial charge in [-0.25, -0.2) is 4.79 Å². The molecule has 1 aliphatic rings. The van der Waals surface area contributed by atoms with E-state index in [1.54, 1.807) is 0 Å². The summed E-state index contributed by atoms with van der Waals surface area (Å²) in [7, 11) is -4.32. The van der Waals surface area contributed by atoms with E-state index >= 15 is 0 Å². The third kappa shape index (κ3) is 13.1. The summed E-state index contributed by atoms with van der Waals surface area (Å²) < 4.78 is 26.5. The van der Waals surface area contributed by atoms with Crippen molar-refractivity contribution in [3.8, 4) is 0 Å². The molecule has 0 N–H and O–H groups in total. The zero-order valence-electron chi connectivity index (χ0n) is 33.6. The first-order valence-electron chi connectivity index (χ1n) is 18.8. The molecule has 0 bridgehead atoms. The zero-order chi connectivity index (χ0) is 37.1. The van der Waals surface area contributed by atoms with Crippen LogP contribution in [0, 0.1) is 11.8 Å². The Morgan fingerprint density at radius 1 is 1.06 bits per heavy atom. The molecule has 0 aromatic rings. The number of carbonyl (C=O) groups is 2. The van der Waals surface area contributed by atoms with Crippen LogP contribution in [0.2, 0.25) is 36.3 Å². The van der Waals surface area contributed by atoms with E-state index in [9.17, 15) is 9.59 Å². The largest absolute Gasteiger partial charge is 0.456 e. The van der Waals surface area contributed by atoms with Gasteiger partial charge in [-0.2, -0.15) is 0 Å². The average Bonchev–Trinajstić information content (AvgIpc) is 3.30. The van der Waals surface area contributed by atoms with E-state index in [0.29, 0.717) is 12.8 Å². The van der Waals surface area contributed by atoms with Crippen LogP contribution in [0.4, 0.5) is 0 Å². The molecule has 1 fully saturated rings. The summed E-state index contributed by atoms with van der Waals surface area (Å²) in [4.78, 5) is 27.5. The molecule has 278 valence electrons. The molecule has 0 spiro atoms. The summed E-state index contributed by atoms with van der Waals surface area (Å²) in [6, 6.07) is 2.85. The van der Waals surface area contributed by atoms with Gasteiger partial charge >= 0.3 is 5.97 Å². The number of ether oxygens (including phenoxy) is 2. The first-order chi connectivity index (χ1) is 22.0. The fourth-order valence-corrected chi connectivity index (χ4v) is 11.1. The van der Waals surface area contributed by atoms with Gasteiger partial charge in [0.25, 0.3) is 0 Å². The topological polar surface area (TPSA) is 71.1 Å². The van der Waals surface area contributed by atoms with Crippen LogP contribution < -0.4 is 0 Å². The number of ketones is 1. The second-order valence-electron chi connectivity index (χ2n) is 16.8. The van der Waals surface area contributed by atoms with Gasteiger partial charge in [-0.05, 0) is 88.1 Å². The van der Waals surface area contributed by atoms with Crippen molar-refractivity contribution in [3.05, 3.63) is 37.0 Å². The Hall–Kier alpha value is -1.33. The van der Waals surface area contributed by atoms with Crippen molar-refractivity contribution < 1.29 is 27.9 Å². The van der Waals surface area contributed by atoms with Crippen molar-refractivity contribution >= 4 is 28.4 Å². The van der Waals surface area contributed by atoms with Crippen LogP contribution in [0.3, 0.4) is 0 Å². The predicted molar refractivity (Wildman–Crippen MR) is 207 cm³/mol. The van der Waals surface area contributed by atoms with E-state index in [0.717, 1.165) is 49.4 Å². The minimum atomic E-state index is -2.17. The van der Waals surface area contributed by atoms with Gasteiger partial charge in [-0.3, -0.25) is 4.79 Å². The van der Waals surface area contributed by atoms with Crippen molar-refractivity contribution in [2.45, 2.75) is 194 Å². The van der Waals surface area contributed by atoms with Crippen LogP contribution >= 0.6 is 0 Å². The van der Waals surface area contributed by atoms with E-state index in [4.69, 9.17) is 18.3 Å². The number of esters is 1. The smallest absolute Gasteiger partial charge is 0.330 e. The zero-order valence-corrected chi connectivity index (χ0v) is 35.6. The molecule has 0 radical (unpaired) electrons. The fraction of sp³-hybridized carbons (Fsp3) is 0.800. The second-order valence-corrected chi connectivity index (χ2v) is 26.2. The summed E-state index contributed by atoms with van der Waals surface area (Å²) in [5.74, 6) is -0.449. The maximum absolute atomic E-state index is 14.4. The van der Waals surface area contributed by atoms with E-state index in [1.165, 1.54) is 6.08 Å². The molecule has 0 saturated carbocycles. The normalized spacial score (nSPS) is 23.8. The van der Waals surface area contributed by atoms with Crippen LogP contribution in [-0.4, -0.2) is 57.9 Å². The third-order valence-corrected chi connectivity index (χ3v) is 20.5. The molecule has 8 heteroatoms. The molecule has 1 aliphatic heterocycles. The molecule has 0 aromatic heterocycles. The first-order valence-corrected chi connectivity index (χ1v) is 24.2. The Kier molecular flexibility index (Phi) is 17.5. The maximum Gasteiger partial charge on any atom is 0.330 e. The summed E-state index contributed by atoms with van der Waals surface area (Å²) in [5, 5.41) is 0.0277. The van der Waals surface area contributed by atoms with Crippen molar-refractivity contribution in [2.24, 2.45) is 11.8 Å². The lowest BCUT2D eigenvalue weighted by Gasteiger charge is -2.45. The number of allylic oxidation sites excluding steroid dienone is 2. The van der Waals surface area contributed by atoms with Crippen molar-refractivity contribution in [1.29, 1.82) is 0 Å². The highest BCUT2D eigenvalue weighted by Crippen LogP contribution is 2.42. The molecular formula is C40H74O6Si2. The summed E-state index contributed by atoms with van der Waals surface area (Å²) >= 11 is 0. The van der Waals surface area contributed by atoms with Gasteiger partial charge in [-0.1, -0.05) is 86.5 Å². The van der Waals surface area contributed by atoms with Crippen molar-refractivity contribution in [2.75, 3.05) is 0 Å². The van der Waals surface area contributed by atoms with E-state index in [1.807, 2.05) is 32.9 Å². The lowest BCUT2D eigenvalue weighted by molar-refractivity contribution is -0.146. The molecule has 1 saturated heterocycles. The van der Waals surface area contributed by atoms with Crippen molar-refractivity contribution in [1.82, 2.24) is 0 Å². The Balaban J connectivity index is 3.24. The minimum absolute atomic E-state index is 0.0277. The second kappa shape index (κ2) is 18.8. The molecule has 6 nitrogen and oxygen atoms in total. The van der Waals surface area contributed by atoms with Crippen molar-refractivity contribution in [3.63, 3.8) is 0 Å². The summed E-state index contributed by atoms with van der Waals surface area (Å²) in [6.07, 6.45) is 9.57. The molecule has 0 unspecified atom stereocenters. The molecule has 48 heavy (non-hydrogen) atoms. The number of hydrogen-bond acceptors (Lipinski definition) is 6. The lowest BCUT2D eigenvalue weighted by atomic mass is 9.85. The Bertz CT molecular complexity index is 1080. The highest BCUT2D eigenvalue weighted by atomic mass is 28.4. The summed E-state index contributed by atoms with van der Waals surface area (Å²) in [6.45, 7) is 38.3. The molecule has 0 amide bonds. The SMILES string of the molecule is C=C[C@@H](C)[C@H](C[C@@](C)(O[Si](CC)(CC)CC)C(=O)C[C@H](C)/C=C/C(=O)O[C@@H]1C[C@@](C)(CCC)O[C@H]1CCC(=C)C)O[Si](C)(C)C(C)(C)C. The van der Waals surface area contributed by atoms with E-state index < -0.39 is 22.2 Å². The van der Waals surface area contributed by atoms with Crippen LogP contribution in [-0.2, 0) is 27.9 Å². The minimum Gasteiger partial charge on any atom is -0.456 e. The standard InChI is InChI=1S/C40H74O6Si2/c1-17-26-39(13)28-35(33(44-39)24-22-30(6)7)43-37(42)25-23-31(8)27-36(41)40(14,46-48(19-3,20-4)21-5)29-34(32(9)18-2)45-47(15,16)38(10,11)12/h18,23,25,31-35H,2,6,17,19-22,24,26-29H2,1,3-5,7-16H3/b25-23+/t31-,32-,33+,34+,35-,39-,40-/m1/s1. The monoisotopic (exact) mass is 707 g/mol. The maximum atomic E-state index is 14.4. The Morgan fingerprint density at radius 3 is 2.12 bits per heavy atom. The molecule has 7 atom stereocenters. The molecule has 0 aromatic carbocycles. The number of carbonyl (C=O) groups excluding carboxylic acids is 2. The number of Topliss-reactive ketones (excluding diaryl/α,β-unsaturated/α-hetero) is 1. The molecule has 1 heterocycles. The van der Waals surface area contributed by atoms with Gasteiger partial charge in [0, 0.05) is 25.3 Å². The number of hydrogen-bond donors (Lipinski definition) is 0. The van der Waals surface area contributed by atoms with Crippen LogP contribution in [0.5, 0.6) is 0 Å². The van der Waals surface area contributed by atoms with Gasteiger partial charge in [0.2, 0.25) is 0 Å². The Morgan fingerprint density at radius 2 is 1.65 bits per heavy atom. The highest BCUT2D eigenvalue weighted by molar-refractivity contribution is 6.74. The van der Waals surface area contributed by atoms with Gasteiger partial charge in [-0.15, -0.1) is 13.2 Å². The third-order valence-electron chi connectivity index (χ3n) is 11.2. The first kappa shape index (κ1) is 44.7. The summed E-state index contributed by atoms with van der Waals surface area (Å²) in [5.41, 5.74) is -0.213. The molecule has 1 rings (SSSR count). The highest BCUT2D eigenvalue weighted by Gasteiger charge is 2.47. The average molecular weight is 707 g/mol. The van der Waals surface area contributed by atoms with Gasteiger partial charge < -0.3 is 18.3 Å². The van der Waals surface area contributed by atoms with E-state index in [-0.39, 0.29) is 59.0 Å². The fourth-order valence-electron chi connectivity index (χ4n) is 6.58. The van der Waals surface area contributed by atoms with Gasteiger partial charge in [0.1, 0.15) is 11.7 Å². The lowest BCUT2D eigenvalue weighted by Crippen LogP contribution is -2.54. The van der Waals surface area contributed by atoms with Crippen LogP contribution in [0.1, 0.15) is 128 Å².